The van der Waals surface area contributed by atoms with Gasteiger partial charge in [0.15, 0.2) is 0 Å². The van der Waals surface area contributed by atoms with Crippen molar-refractivity contribution < 1.29 is 21.4 Å². The lowest BCUT2D eigenvalue weighted by Gasteiger charge is -1.85. The molecule has 0 unspecified atom stereocenters. The van der Waals surface area contributed by atoms with Crippen molar-refractivity contribution in [3.8, 4) is 0 Å². The summed E-state index contributed by atoms with van der Waals surface area (Å²) >= 11 is 0. The summed E-state index contributed by atoms with van der Waals surface area (Å²) in [6.07, 6.45) is 0. The third-order valence-electron chi connectivity index (χ3n) is 2.67. The predicted molar refractivity (Wildman–Crippen MR) is 76.7 cm³/mol. The molecule has 0 saturated carbocycles. The fourth-order valence-electron chi connectivity index (χ4n) is 1.71. The van der Waals surface area contributed by atoms with E-state index in [2.05, 4.69) is 20.6 Å². The number of hydrogen-bond donors (Lipinski definition) is 2. The second-order valence-electron chi connectivity index (χ2n) is 3.94. The molecule has 0 bridgehead atoms. The van der Waals surface area contributed by atoms with Crippen LogP contribution in [-0.4, -0.2) is 51.7 Å². The van der Waals surface area contributed by atoms with E-state index in [1.165, 1.54) is 0 Å². The smallest absolute Gasteiger partial charge is 0.130 e. The molecule has 2 heterocycles. The first kappa shape index (κ1) is 16.8. The van der Waals surface area contributed by atoms with E-state index in [1.807, 2.05) is 24.3 Å². The Hall–Kier alpha value is -3.24. The van der Waals surface area contributed by atoms with Crippen LogP contribution in [0.2, 0.25) is 0 Å². The molecule has 22 heavy (non-hydrogen) atoms. The van der Waals surface area contributed by atoms with Crippen molar-refractivity contribution in [1.29, 1.82) is 0 Å². The topological polar surface area (TPSA) is 165 Å². The van der Waals surface area contributed by atoms with Gasteiger partial charge in [0.25, 0.3) is 0 Å². The summed E-state index contributed by atoms with van der Waals surface area (Å²) in [5.41, 5.74) is 2.65. The van der Waals surface area contributed by atoms with Gasteiger partial charge in [0, 0.05) is 0 Å². The Morgan fingerprint density at radius 2 is 1.00 bits per heavy atom. The molecule has 0 saturated heterocycles. The highest BCUT2D eigenvalue weighted by Crippen LogP contribution is 2.07. The Bertz CT molecular complexity index is 787. The summed E-state index contributed by atoms with van der Waals surface area (Å²) in [7, 11) is 0. The first-order valence-corrected chi connectivity index (χ1v) is 5.75. The maximum Gasteiger partial charge on any atom is 0.130 e. The summed E-state index contributed by atoms with van der Waals surface area (Å²) in [4.78, 5) is 1.52. The van der Waals surface area contributed by atoms with E-state index in [1.54, 1.807) is 24.3 Å². The molecule has 6 N–H and O–H groups in total. The highest BCUT2D eigenvalue weighted by molar-refractivity contribution is 5.73. The first-order chi connectivity index (χ1) is 9.75. The zero-order valence-electron chi connectivity index (χ0n) is 11.2. The molecule has 0 aliphatic heterocycles. The normalized spacial score (nSPS) is 9.45. The summed E-state index contributed by atoms with van der Waals surface area (Å²) in [6.45, 7) is 0. The van der Waals surface area contributed by atoms with E-state index in [4.69, 9.17) is 10.4 Å². The number of rotatable bonds is 0. The number of nitrogens with zero attached hydrogens (tertiary/aromatic N) is 6. The Morgan fingerprint density at radius 1 is 0.636 bits per heavy atom. The summed E-state index contributed by atoms with van der Waals surface area (Å²) in [5, 5.41) is 32.1. The van der Waals surface area contributed by atoms with Crippen molar-refractivity contribution in [2.24, 2.45) is 0 Å². The van der Waals surface area contributed by atoms with Crippen LogP contribution < -0.4 is 0 Å². The lowest BCUT2D eigenvalue weighted by atomic mass is 10.3. The van der Waals surface area contributed by atoms with Gasteiger partial charge < -0.3 is 21.4 Å². The number of aromatic nitrogens is 6. The molecule has 4 aromatic rings. The average Bonchev–Trinajstić information content (AvgIpc) is 3.05. The fourth-order valence-corrected chi connectivity index (χ4v) is 1.71. The minimum Gasteiger partial charge on any atom is -0.412 e. The molecule has 0 spiro atoms. The van der Waals surface area contributed by atoms with Crippen LogP contribution in [0.5, 0.6) is 0 Å². The molecule has 2 aromatic heterocycles. The maximum absolute atomic E-state index is 8.95. The van der Waals surface area contributed by atoms with Gasteiger partial charge in [-0.1, -0.05) is 34.0 Å². The predicted octanol–water partition coefficient (Wildman–Crippen LogP) is -0.312. The number of benzene rings is 2. The molecule has 0 radical (unpaired) electrons. The molecule has 0 atom stereocenters. The van der Waals surface area contributed by atoms with E-state index < -0.39 is 0 Å². The van der Waals surface area contributed by atoms with Crippen molar-refractivity contribution in [3.63, 3.8) is 0 Å². The number of para-hydroxylation sites is 2. The summed E-state index contributed by atoms with van der Waals surface area (Å²) in [5.74, 6) is 0. The highest BCUT2D eigenvalue weighted by Gasteiger charge is 1.99. The Labute approximate surface area is 123 Å². The zero-order valence-corrected chi connectivity index (χ0v) is 11.2. The van der Waals surface area contributed by atoms with Crippen LogP contribution in [0.25, 0.3) is 22.1 Å². The van der Waals surface area contributed by atoms with Crippen molar-refractivity contribution in [3.05, 3.63) is 48.5 Å². The van der Waals surface area contributed by atoms with E-state index >= 15 is 0 Å². The SMILES string of the molecule is O.O.On1nnc2ccccc21.On1nnc2ccccc21. The van der Waals surface area contributed by atoms with Crippen LogP contribution in [0.1, 0.15) is 0 Å². The number of hydrogen-bond acceptors (Lipinski definition) is 6. The minimum absolute atomic E-state index is 0. The van der Waals surface area contributed by atoms with Crippen LogP contribution in [0, 0.1) is 0 Å². The molecular weight excluding hydrogens is 292 g/mol. The van der Waals surface area contributed by atoms with Gasteiger partial charge >= 0.3 is 0 Å². The van der Waals surface area contributed by atoms with Crippen molar-refractivity contribution in [2.45, 2.75) is 0 Å². The van der Waals surface area contributed by atoms with Gasteiger partial charge in [-0.15, -0.1) is 10.2 Å². The molecule has 10 heteroatoms. The number of fused-ring (bicyclic) bond motifs is 2. The van der Waals surface area contributed by atoms with Gasteiger partial charge in [-0.05, 0) is 34.7 Å². The van der Waals surface area contributed by atoms with Crippen molar-refractivity contribution in [2.75, 3.05) is 0 Å². The monoisotopic (exact) mass is 306 g/mol. The second kappa shape index (κ2) is 6.97. The van der Waals surface area contributed by atoms with E-state index in [0.717, 1.165) is 9.69 Å². The van der Waals surface area contributed by atoms with Gasteiger partial charge in [-0.25, -0.2) is 0 Å². The lowest BCUT2D eigenvalue weighted by Crippen LogP contribution is -1.90. The van der Waals surface area contributed by atoms with Crippen LogP contribution in [-0.2, 0) is 0 Å². The molecule has 4 rings (SSSR count). The van der Waals surface area contributed by atoms with E-state index in [0.29, 0.717) is 22.1 Å². The highest BCUT2D eigenvalue weighted by atomic mass is 16.5. The van der Waals surface area contributed by atoms with Gasteiger partial charge in [0.05, 0.1) is 0 Å². The van der Waals surface area contributed by atoms with Crippen LogP contribution >= 0.6 is 0 Å². The first-order valence-electron chi connectivity index (χ1n) is 5.75. The second-order valence-corrected chi connectivity index (χ2v) is 3.94. The standard InChI is InChI=1S/2C6H5N3O.2H2O/c2*10-9-6-4-2-1-3-5(6)7-8-9;;/h2*1-4,10H;2*1H2. The van der Waals surface area contributed by atoms with Crippen LogP contribution in [0.3, 0.4) is 0 Å². The van der Waals surface area contributed by atoms with Crippen LogP contribution in [0.4, 0.5) is 0 Å². The molecule has 0 aliphatic carbocycles. The van der Waals surface area contributed by atoms with E-state index in [9.17, 15) is 0 Å². The molecule has 10 nitrogen and oxygen atoms in total. The maximum atomic E-state index is 8.95. The third-order valence-corrected chi connectivity index (χ3v) is 2.67. The Kier molecular flexibility index (Phi) is 5.32. The summed E-state index contributed by atoms with van der Waals surface area (Å²) < 4.78 is 0. The molecule has 0 amide bonds. The van der Waals surface area contributed by atoms with Crippen molar-refractivity contribution in [1.82, 2.24) is 30.3 Å². The van der Waals surface area contributed by atoms with Gasteiger partial charge in [-0.2, -0.15) is 0 Å². The lowest BCUT2D eigenvalue weighted by molar-refractivity contribution is 0.154. The Balaban J connectivity index is 0.000000202. The fraction of sp³-hybridized carbons (Fsp3) is 0. The van der Waals surface area contributed by atoms with Gasteiger partial charge in [0.1, 0.15) is 22.1 Å². The molecular formula is C12H14N6O4. The molecule has 0 fully saturated rings. The minimum atomic E-state index is 0. The quantitative estimate of drug-likeness (QED) is 0.423. The molecule has 2 aromatic carbocycles. The van der Waals surface area contributed by atoms with E-state index in [-0.39, 0.29) is 11.0 Å². The molecule has 116 valence electrons. The van der Waals surface area contributed by atoms with Gasteiger partial charge in [-0.3, -0.25) is 0 Å². The summed E-state index contributed by atoms with van der Waals surface area (Å²) in [6, 6.07) is 14.4. The van der Waals surface area contributed by atoms with Crippen LogP contribution in [0.15, 0.2) is 48.5 Å². The molecule has 0 aliphatic rings. The van der Waals surface area contributed by atoms with Gasteiger partial charge in [0.2, 0.25) is 0 Å². The van der Waals surface area contributed by atoms with Crippen molar-refractivity contribution >= 4 is 22.1 Å². The Morgan fingerprint density at radius 3 is 1.36 bits per heavy atom. The largest absolute Gasteiger partial charge is 0.412 e. The zero-order chi connectivity index (χ0) is 13.9. The average molecular weight is 306 g/mol. The third kappa shape index (κ3) is 3.08.